The molecule has 1 rings (SSSR count). The van der Waals surface area contributed by atoms with Gasteiger partial charge in [-0.15, -0.1) is 0 Å². The molecule has 0 aliphatic rings. The highest BCUT2D eigenvalue weighted by Gasteiger charge is 2.13. The van der Waals surface area contributed by atoms with Gasteiger partial charge in [0.05, 0.1) is 13.7 Å². The number of pyridine rings is 1. The zero-order chi connectivity index (χ0) is 11.3. The van der Waals surface area contributed by atoms with Gasteiger partial charge in [-0.25, -0.2) is 4.98 Å². The molecule has 0 bridgehead atoms. The second kappa shape index (κ2) is 5.09. The molecule has 5 nitrogen and oxygen atoms in total. The van der Waals surface area contributed by atoms with E-state index in [0.29, 0.717) is 18.0 Å². The molecule has 1 aromatic rings. The molecule has 0 unspecified atom stereocenters. The fourth-order valence-corrected chi connectivity index (χ4v) is 1.18. The summed E-state index contributed by atoms with van der Waals surface area (Å²) < 4.78 is 4.99. The van der Waals surface area contributed by atoms with Gasteiger partial charge in [0.15, 0.2) is 0 Å². The van der Waals surface area contributed by atoms with E-state index in [-0.39, 0.29) is 12.3 Å². The summed E-state index contributed by atoms with van der Waals surface area (Å²) in [6.45, 7) is 1.44. The number of anilines is 1. The van der Waals surface area contributed by atoms with E-state index < -0.39 is 0 Å². The van der Waals surface area contributed by atoms with Crippen LogP contribution in [0.2, 0.25) is 0 Å². The highest BCUT2D eigenvalue weighted by molar-refractivity contribution is 5.89. The molecular weight excluding hydrogens is 196 g/mol. The second-order valence-electron chi connectivity index (χ2n) is 2.97. The lowest BCUT2D eigenvalue weighted by molar-refractivity contribution is -0.117. The Labute approximate surface area is 87.7 Å². The molecule has 1 heterocycles. The molecule has 0 aliphatic carbocycles. The Hall–Kier alpha value is -1.91. The first kappa shape index (κ1) is 11.2. The van der Waals surface area contributed by atoms with E-state index in [1.54, 1.807) is 18.3 Å². The molecule has 0 fully saturated rings. The number of carbonyl (C=O) groups is 2. The summed E-state index contributed by atoms with van der Waals surface area (Å²) in [5.74, 6) is 0.221. The van der Waals surface area contributed by atoms with Crippen molar-refractivity contribution in [1.82, 2.24) is 4.98 Å². The van der Waals surface area contributed by atoms with E-state index in [4.69, 9.17) is 4.74 Å². The lowest BCUT2D eigenvalue weighted by atomic mass is 10.3. The Kier molecular flexibility index (Phi) is 3.79. The Morgan fingerprint density at radius 1 is 1.67 bits per heavy atom. The van der Waals surface area contributed by atoms with Gasteiger partial charge in [-0.1, -0.05) is 0 Å². The number of hydrogen-bond donors (Lipinski definition) is 0. The molecule has 15 heavy (non-hydrogen) atoms. The normalized spacial score (nSPS) is 9.47. The Bertz CT molecular complexity index is 365. The number of methoxy groups -OCH3 is 1. The summed E-state index contributed by atoms with van der Waals surface area (Å²) in [7, 11) is 1.46. The lowest BCUT2D eigenvalue weighted by Gasteiger charge is -2.17. The number of nitrogens with zero attached hydrogens (tertiary/aromatic N) is 2. The summed E-state index contributed by atoms with van der Waals surface area (Å²) in [6, 6.07) is 3.34. The first-order valence-electron chi connectivity index (χ1n) is 4.39. The summed E-state index contributed by atoms with van der Waals surface area (Å²) in [5.41, 5.74) is 0.491. The lowest BCUT2D eigenvalue weighted by Crippen LogP contribution is -2.27. The smallest absolute Gasteiger partial charge is 0.237 e. The topological polar surface area (TPSA) is 59.5 Å². The van der Waals surface area contributed by atoms with E-state index in [1.165, 1.54) is 18.9 Å². The third-order valence-electron chi connectivity index (χ3n) is 1.77. The van der Waals surface area contributed by atoms with Crippen LogP contribution in [0.15, 0.2) is 18.3 Å². The first-order chi connectivity index (χ1) is 7.19. The van der Waals surface area contributed by atoms with Crippen molar-refractivity contribution < 1.29 is 14.3 Å². The maximum Gasteiger partial charge on any atom is 0.237 e. The molecule has 0 saturated carbocycles. The number of hydrogen-bond acceptors (Lipinski definition) is 4. The molecular formula is C10H12N2O3. The molecule has 80 valence electrons. The van der Waals surface area contributed by atoms with Crippen molar-refractivity contribution in [3.8, 4) is 5.88 Å². The number of rotatable bonds is 5. The minimum atomic E-state index is -0.104. The number of carbonyl (C=O) groups excluding carboxylic acids is 2. The summed E-state index contributed by atoms with van der Waals surface area (Å²) in [4.78, 5) is 26.9. The van der Waals surface area contributed by atoms with Crippen LogP contribution in [-0.4, -0.2) is 30.8 Å². The van der Waals surface area contributed by atoms with Gasteiger partial charge in [0.25, 0.3) is 0 Å². The average Bonchev–Trinajstić information content (AvgIpc) is 2.25. The van der Waals surface area contributed by atoms with Crippen molar-refractivity contribution >= 4 is 17.9 Å². The van der Waals surface area contributed by atoms with Crippen molar-refractivity contribution in [3.63, 3.8) is 0 Å². The van der Waals surface area contributed by atoms with Gasteiger partial charge in [0.2, 0.25) is 12.3 Å². The van der Waals surface area contributed by atoms with Gasteiger partial charge in [0, 0.05) is 6.20 Å². The first-order valence-corrected chi connectivity index (χ1v) is 4.39. The summed E-state index contributed by atoms with van der Waals surface area (Å²) in [5, 5.41) is 0. The highest BCUT2D eigenvalue weighted by Crippen LogP contribution is 2.23. The van der Waals surface area contributed by atoms with Gasteiger partial charge >= 0.3 is 0 Å². The number of ketones is 1. The molecule has 0 atom stereocenters. The Morgan fingerprint density at radius 3 is 2.93 bits per heavy atom. The summed E-state index contributed by atoms with van der Waals surface area (Å²) >= 11 is 0. The predicted molar refractivity (Wildman–Crippen MR) is 54.9 cm³/mol. The van der Waals surface area contributed by atoms with Crippen LogP contribution < -0.4 is 9.64 Å². The van der Waals surface area contributed by atoms with Crippen molar-refractivity contribution in [3.05, 3.63) is 18.3 Å². The van der Waals surface area contributed by atoms with Gasteiger partial charge in [-0.05, 0) is 19.1 Å². The van der Waals surface area contributed by atoms with Crippen molar-refractivity contribution in [2.75, 3.05) is 18.6 Å². The predicted octanol–water partition coefficient (Wildman–Crippen LogP) is 0.642. The third-order valence-corrected chi connectivity index (χ3v) is 1.77. The molecule has 0 aromatic carbocycles. The van der Waals surface area contributed by atoms with Crippen LogP contribution in [0.3, 0.4) is 0 Å². The molecule has 0 saturated heterocycles. The molecule has 1 amide bonds. The van der Waals surface area contributed by atoms with E-state index in [2.05, 4.69) is 4.98 Å². The quantitative estimate of drug-likeness (QED) is 0.666. The Balaban J connectivity index is 3.00. The fourth-order valence-electron chi connectivity index (χ4n) is 1.18. The summed E-state index contributed by atoms with van der Waals surface area (Å²) in [6.07, 6.45) is 2.14. The van der Waals surface area contributed by atoms with Crippen LogP contribution in [-0.2, 0) is 9.59 Å². The van der Waals surface area contributed by atoms with Crippen molar-refractivity contribution in [2.45, 2.75) is 6.92 Å². The number of ether oxygens (including phenoxy) is 1. The number of amides is 1. The van der Waals surface area contributed by atoms with Crippen LogP contribution in [0.5, 0.6) is 5.88 Å². The standard InChI is InChI=1S/C10H12N2O3/c1-8(14)6-12(7-13)9-4-3-5-11-10(9)15-2/h3-5,7H,6H2,1-2H3. The largest absolute Gasteiger partial charge is 0.480 e. The van der Waals surface area contributed by atoms with E-state index >= 15 is 0 Å². The van der Waals surface area contributed by atoms with Gasteiger partial charge in [-0.2, -0.15) is 0 Å². The average molecular weight is 208 g/mol. The number of Topliss-reactive ketones (excluding diaryl/α,β-unsaturated/α-hetero) is 1. The van der Waals surface area contributed by atoms with Crippen LogP contribution >= 0.6 is 0 Å². The second-order valence-corrected chi connectivity index (χ2v) is 2.97. The van der Waals surface area contributed by atoms with Crippen LogP contribution in [0, 0.1) is 0 Å². The zero-order valence-corrected chi connectivity index (χ0v) is 8.64. The molecule has 0 radical (unpaired) electrons. The Morgan fingerprint density at radius 2 is 2.40 bits per heavy atom. The molecule has 5 heteroatoms. The van der Waals surface area contributed by atoms with E-state index in [0.717, 1.165) is 0 Å². The molecule has 0 aliphatic heterocycles. The van der Waals surface area contributed by atoms with Crippen molar-refractivity contribution in [2.24, 2.45) is 0 Å². The molecule has 0 N–H and O–H groups in total. The van der Waals surface area contributed by atoms with Gasteiger partial charge in [0.1, 0.15) is 11.5 Å². The number of aromatic nitrogens is 1. The van der Waals surface area contributed by atoms with Crippen LogP contribution in [0.25, 0.3) is 0 Å². The monoisotopic (exact) mass is 208 g/mol. The highest BCUT2D eigenvalue weighted by atomic mass is 16.5. The third kappa shape index (κ3) is 2.77. The van der Waals surface area contributed by atoms with E-state index in [9.17, 15) is 9.59 Å². The fraction of sp³-hybridized carbons (Fsp3) is 0.300. The van der Waals surface area contributed by atoms with Gasteiger partial charge < -0.3 is 9.64 Å². The SMILES string of the molecule is COc1ncccc1N(C=O)CC(C)=O. The minimum absolute atomic E-state index is 0.0194. The van der Waals surface area contributed by atoms with Crippen molar-refractivity contribution in [1.29, 1.82) is 0 Å². The van der Waals surface area contributed by atoms with Crippen LogP contribution in [0.4, 0.5) is 5.69 Å². The maximum absolute atomic E-state index is 10.9. The van der Waals surface area contributed by atoms with Gasteiger partial charge in [-0.3, -0.25) is 9.59 Å². The minimum Gasteiger partial charge on any atom is -0.480 e. The maximum atomic E-state index is 10.9. The van der Waals surface area contributed by atoms with Crippen LogP contribution in [0.1, 0.15) is 6.92 Å². The van der Waals surface area contributed by atoms with E-state index in [1.807, 2.05) is 0 Å². The molecule has 1 aromatic heterocycles. The molecule has 0 spiro atoms. The zero-order valence-electron chi connectivity index (χ0n) is 8.64.